The minimum Gasteiger partial charge on any atom is -0.481 e. The Morgan fingerprint density at radius 3 is 1.94 bits per heavy atom. The zero-order valence-electron chi connectivity index (χ0n) is 32.6. The van der Waals surface area contributed by atoms with Crippen molar-refractivity contribution in [1.82, 2.24) is 35.1 Å². The molecule has 7 amide bonds. The molecule has 298 valence electrons. The molecule has 3 fully saturated rings. The summed E-state index contributed by atoms with van der Waals surface area (Å²) >= 11 is 0. The Morgan fingerprint density at radius 1 is 0.792 bits per heavy atom. The third-order valence-electron chi connectivity index (χ3n) is 11.3. The number of amides is 7. The Bertz CT molecular complexity index is 1360. The van der Waals surface area contributed by atoms with Crippen molar-refractivity contribution >= 4 is 47.3 Å². The molecule has 2 aliphatic heterocycles. The SMILES string of the molecule is CC[C@H](C)[C@H](NC(C)=O)C(=O)N(C)[C@@H](C)C(=O)N1CC[C@H]1C(=O)N(C)[C@@H](CC1CCCCC1)C(=O)N(C)CC(=O)N[C@@H](CC(=O)O)C(=O)N1CCCC1. The normalized spacial score (nSPS) is 20.2. The quantitative estimate of drug-likeness (QED) is 0.193. The van der Waals surface area contributed by atoms with Crippen LogP contribution in [0.15, 0.2) is 0 Å². The lowest BCUT2D eigenvalue weighted by molar-refractivity contribution is -0.160. The Hall–Kier alpha value is -4.24. The first kappa shape index (κ1) is 43.2. The van der Waals surface area contributed by atoms with Gasteiger partial charge in [-0.1, -0.05) is 52.4 Å². The second-order valence-corrected chi connectivity index (χ2v) is 15.2. The lowest BCUT2D eigenvalue weighted by Crippen LogP contribution is -2.64. The molecular weight excluding hydrogens is 686 g/mol. The van der Waals surface area contributed by atoms with E-state index in [1.165, 1.54) is 52.6 Å². The van der Waals surface area contributed by atoms with Crippen LogP contribution >= 0.6 is 0 Å². The highest BCUT2D eigenvalue weighted by Crippen LogP contribution is 2.30. The predicted molar refractivity (Wildman–Crippen MR) is 195 cm³/mol. The highest BCUT2D eigenvalue weighted by Gasteiger charge is 2.45. The van der Waals surface area contributed by atoms with E-state index in [4.69, 9.17) is 0 Å². The number of nitrogens with zero attached hydrogens (tertiary/aromatic N) is 5. The molecule has 3 aliphatic rings. The van der Waals surface area contributed by atoms with Gasteiger partial charge >= 0.3 is 5.97 Å². The molecule has 2 heterocycles. The molecule has 1 aliphatic carbocycles. The molecule has 3 N–H and O–H groups in total. The maximum absolute atomic E-state index is 14.1. The average Bonchev–Trinajstić information content (AvgIpc) is 3.65. The van der Waals surface area contributed by atoms with Gasteiger partial charge in [0.05, 0.1) is 13.0 Å². The lowest BCUT2D eigenvalue weighted by Gasteiger charge is -2.45. The summed E-state index contributed by atoms with van der Waals surface area (Å²) in [4.78, 5) is 112. The number of likely N-dealkylation sites (N-methyl/N-ethyl adjacent to an activating group) is 3. The molecule has 0 unspecified atom stereocenters. The Labute approximate surface area is 313 Å². The number of nitrogens with one attached hydrogen (secondary N) is 2. The molecule has 0 aromatic rings. The fraction of sp³-hybridized carbons (Fsp3) is 0.784. The number of aliphatic carboxylic acids is 1. The third-order valence-corrected chi connectivity index (χ3v) is 11.3. The van der Waals surface area contributed by atoms with Gasteiger partial charge in [-0.3, -0.25) is 38.4 Å². The van der Waals surface area contributed by atoms with Crippen molar-refractivity contribution < 1.29 is 43.5 Å². The highest BCUT2D eigenvalue weighted by molar-refractivity contribution is 5.97. The number of hydrogen-bond donors (Lipinski definition) is 3. The molecule has 1 saturated carbocycles. The molecule has 0 bridgehead atoms. The van der Waals surface area contributed by atoms with Crippen LogP contribution in [0.3, 0.4) is 0 Å². The van der Waals surface area contributed by atoms with Crippen molar-refractivity contribution in [2.24, 2.45) is 11.8 Å². The standard InChI is InChI=1S/C37H61N7O9/c1-8-23(2)32(38-25(4)45)37(53)41(6)24(3)33(49)44-19-16-28(44)36(52)42(7)29(20-26-14-10-9-11-15-26)35(51)40(5)22-30(46)39-27(21-31(47)48)34(50)43-17-12-13-18-43/h23-24,26-29,32H,8-22H2,1-7H3,(H,38,45)(H,39,46)(H,47,48)/t23-,24-,27-,28-,29-,32-/m0/s1. The Morgan fingerprint density at radius 2 is 1.42 bits per heavy atom. The summed E-state index contributed by atoms with van der Waals surface area (Å²) in [5, 5.41) is 14.6. The van der Waals surface area contributed by atoms with E-state index < -0.39 is 84.6 Å². The van der Waals surface area contributed by atoms with E-state index in [-0.39, 0.29) is 17.7 Å². The minimum atomic E-state index is -1.27. The third kappa shape index (κ3) is 11.4. The van der Waals surface area contributed by atoms with Gasteiger partial charge in [0.15, 0.2) is 0 Å². The van der Waals surface area contributed by atoms with Crippen molar-refractivity contribution in [1.29, 1.82) is 0 Å². The molecule has 6 atom stereocenters. The van der Waals surface area contributed by atoms with Gasteiger partial charge in [0.25, 0.3) is 0 Å². The van der Waals surface area contributed by atoms with Gasteiger partial charge in [-0.15, -0.1) is 0 Å². The van der Waals surface area contributed by atoms with E-state index in [9.17, 15) is 43.5 Å². The van der Waals surface area contributed by atoms with Crippen LogP contribution in [0.2, 0.25) is 0 Å². The minimum absolute atomic E-state index is 0.172. The van der Waals surface area contributed by atoms with Crippen LogP contribution in [-0.2, 0) is 38.4 Å². The van der Waals surface area contributed by atoms with Crippen LogP contribution < -0.4 is 10.6 Å². The van der Waals surface area contributed by atoms with Crippen LogP contribution in [0.4, 0.5) is 0 Å². The van der Waals surface area contributed by atoms with Gasteiger partial charge in [-0.25, -0.2) is 0 Å². The van der Waals surface area contributed by atoms with E-state index in [0.29, 0.717) is 38.9 Å². The van der Waals surface area contributed by atoms with Gasteiger partial charge in [-0.2, -0.15) is 0 Å². The number of carboxylic acid groups (broad SMARTS) is 1. The summed E-state index contributed by atoms with van der Waals surface area (Å²) in [6.45, 7) is 7.49. The fourth-order valence-electron chi connectivity index (χ4n) is 7.50. The van der Waals surface area contributed by atoms with E-state index >= 15 is 0 Å². The molecule has 0 radical (unpaired) electrons. The molecular formula is C37H61N7O9. The van der Waals surface area contributed by atoms with Gasteiger partial charge in [0.1, 0.15) is 30.2 Å². The first-order chi connectivity index (χ1) is 25.0. The number of carbonyl (C=O) groups is 8. The lowest BCUT2D eigenvalue weighted by atomic mass is 9.84. The molecule has 16 heteroatoms. The molecule has 0 aromatic carbocycles. The summed E-state index contributed by atoms with van der Waals surface area (Å²) in [5.41, 5.74) is 0. The van der Waals surface area contributed by atoms with E-state index in [1.54, 1.807) is 6.92 Å². The summed E-state index contributed by atoms with van der Waals surface area (Å²) < 4.78 is 0. The van der Waals surface area contributed by atoms with Crippen molar-refractivity contribution in [3.8, 4) is 0 Å². The molecule has 16 nitrogen and oxygen atoms in total. The topological polar surface area (TPSA) is 197 Å². The average molecular weight is 748 g/mol. The van der Waals surface area contributed by atoms with Crippen LogP contribution in [0.1, 0.15) is 98.3 Å². The summed E-state index contributed by atoms with van der Waals surface area (Å²) in [7, 11) is 4.47. The van der Waals surface area contributed by atoms with E-state index in [1.807, 2.05) is 13.8 Å². The molecule has 2 saturated heterocycles. The number of carbonyl (C=O) groups excluding carboxylic acids is 7. The first-order valence-corrected chi connectivity index (χ1v) is 19.1. The van der Waals surface area contributed by atoms with Crippen LogP contribution in [0.5, 0.6) is 0 Å². The molecule has 3 rings (SSSR count). The van der Waals surface area contributed by atoms with Gasteiger partial charge < -0.3 is 40.2 Å². The fourth-order valence-corrected chi connectivity index (χ4v) is 7.50. The molecule has 53 heavy (non-hydrogen) atoms. The van der Waals surface area contributed by atoms with Crippen molar-refractivity contribution in [2.45, 2.75) is 129 Å². The summed E-state index contributed by atoms with van der Waals surface area (Å²) in [5.74, 6) is -4.49. The van der Waals surface area contributed by atoms with Crippen molar-refractivity contribution in [2.75, 3.05) is 47.3 Å². The summed E-state index contributed by atoms with van der Waals surface area (Å²) in [6.07, 6.45) is 7.28. The second kappa shape index (κ2) is 19.7. The van der Waals surface area contributed by atoms with Crippen LogP contribution in [0, 0.1) is 11.8 Å². The Balaban J connectivity index is 1.73. The van der Waals surface area contributed by atoms with Crippen molar-refractivity contribution in [3.05, 3.63) is 0 Å². The zero-order valence-corrected chi connectivity index (χ0v) is 32.6. The maximum Gasteiger partial charge on any atom is 0.305 e. The van der Waals surface area contributed by atoms with Crippen LogP contribution in [-0.4, -0.2) is 154 Å². The smallest absolute Gasteiger partial charge is 0.305 e. The maximum atomic E-state index is 14.1. The van der Waals surface area contributed by atoms with Gasteiger partial charge in [-0.05, 0) is 44.4 Å². The molecule has 0 spiro atoms. The van der Waals surface area contributed by atoms with E-state index in [0.717, 1.165) is 44.9 Å². The van der Waals surface area contributed by atoms with Gasteiger partial charge in [0, 0.05) is 47.7 Å². The Kier molecular flexibility index (Phi) is 16.1. The number of carboxylic acids is 1. The largest absolute Gasteiger partial charge is 0.481 e. The number of likely N-dealkylation sites (tertiary alicyclic amines) is 2. The van der Waals surface area contributed by atoms with Crippen molar-refractivity contribution in [3.63, 3.8) is 0 Å². The second-order valence-electron chi connectivity index (χ2n) is 15.2. The molecule has 0 aromatic heterocycles. The predicted octanol–water partition coefficient (Wildman–Crippen LogP) is 0.823. The number of hydrogen-bond acceptors (Lipinski definition) is 8. The van der Waals surface area contributed by atoms with Crippen LogP contribution in [0.25, 0.3) is 0 Å². The highest BCUT2D eigenvalue weighted by atomic mass is 16.4. The summed E-state index contributed by atoms with van der Waals surface area (Å²) in [6, 6.07) is -4.78. The monoisotopic (exact) mass is 747 g/mol. The first-order valence-electron chi connectivity index (χ1n) is 19.1. The zero-order chi connectivity index (χ0) is 39.6. The van der Waals surface area contributed by atoms with E-state index in [2.05, 4.69) is 10.6 Å². The number of rotatable bonds is 17. The van der Waals surface area contributed by atoms with Gasteiger partial charge in [0.2, 0.25) is 41.4 Å².